The average molecular weight is 423 g/mol. The van der Waals surface area contributed by atoms with Crippen LogP contribution in [-0.2, 0) is 3.07 Å². The Kier molecular flexibility index (Phi) is 5.12. The molecule has 24 heavy (non-hydrogen) atoms. The Balaban J connectivity index is 2.33. The molecule has 0 bridgehead atoms. The fourth-order valence-corrected chi connectivity index (χ4v) is 15.3. The summed E-state index contributed by atoms with van der Waals surface area (Å²) in [4.78, 5) is 0. The molecular formula is C22H24OSn. The Morgan fingerprint density at radius 3 is 1.08 bits per heavy atom. The van der Waals surface area contributed by atoms with Crippen molar-refractivity contribution in [1.82, 2.24) is 0 Å². The van der Waals surface area contributed by atoms with Crippen molar-refractivity contribution in [3.8, 4) is 0 Å². The summed E-state index contributed by atoms with van der Waals surface area (Å²) in [5.74, 6) is 0. The molecule has 0 N–H and O–H groups in total. The fraction of sp³-hybridized carbons (Fsp3) is 0.182. The van der Waals surface area contributed by atoms with Gasteiger partial charge in [-0.2, -0.15) is 0 Å². The van der Waals surface area contributed by atoms with Crippen molar-refractivity contribution in [2.24, 2.45) is 0 Å². The predicted octanol–water partition coefficient (Wildman–Crippen LogP) is 3.47. The molecule has 0 aliphatic heterocycles. The van der Waals surface area contributed by atoms with Crippen molar-refractivity contribution in [1.29, 1.82) is 0 Å². The second-order valence-electron chi connectivity index (χ2n) is 6.99. The van der Waals surface area contributed by atoms with E-state index in [0.29, 0.717) is 0 Å². The molecule has 0 radical (unpaired) electrons. The Morgan fingerprint density at radius 2 is 0.833 bits per heavy atom. The van der Waals surface area contributed by atoms with E-state index in [9.17, 15) is 0 Å². The SMILES string of the molecule is CC(C)(C)[O][Sn]([c]1ccccc1)([c]1ccccc1)[c]1ccccc1. The summed E-state index contributed by atoms with van der Waals surface area (Å²) in [5, 5.41) is 0. The Labute approximate surface area is 149 Å². The quantitative estimate of drug-likeness (QED) is 0.585. The van der Waals surface area contributed by atoms with Crippen LogP contribution in [0, 0.1) is 0 Å². The van der Waals surface area contributed by atoms with Crippen LogP contribution >= 0.6 is 0 Å². The number of hydrogen-bond donors (Lipinski definition) is 0. The summed E-state index contributed by atoms with van der Waals surface area (Å²) in [6, 6.07) is 32.4. The van der Waals surface area contributed by atoms with Gasteiger partial charge in [-0.15, -0.1) is 0 Å². The summed E-state index contributed by atoms with van der Waals surface area (Å²) < 4.78 is 11.0. The number of benzene rings is 3. The third-order valence-electron chi connectivity index (χ3n) is 4.00. The number of rotatable bonds is 4. The van der Waals surface area contributed by atoms with E-state index in [0.717, 1.165) is 0 Å². The Bertz CT molecular complexity index is 665. The van der Waals surface area contributed by atoms with Gasteiger partial charge in [-0.1, -0.05) is 0 Å². The molecule has 3 aromatic carbocycles. The van der Waals surface area contributed by atoms with Crippen molar-refractivity contribution < 1.29 is 3.07 Å². The minimum atomic E-state index is -3.54. The molecule has 0 aliphatic rings. The molecule has 0 fully saturated rings. The van der Waals surface area contributed by atoms with Gasteiger partial charge in [0.2, 0.25) is 0 Å². The molecule has 0 atom stereocenters. The molecule has 0 unspecified atom stereocenters. The molecule has 0 saturated carbocycles. The van der Waals surface area contributed by atoms with Crippen molar-refractivity contribution in [2.45, 2.75) is 26.4 Å². The van der Waals surface area contributed by atoms with Gasteiger partial charge in [-0.3, -0.25) is 0 Å². The Morgan fingerprint density at radius 1 is 0.542 bits per heavy atom. The van der Waals surface area contributed by atoms with Gasteiger partial charge in [-0.25, -0.2) is 0 Å². The van der Waals surface area contributed by atoms with Gasteiger partial charge in [0.05, 0.1) is 0 Å². The molecule has 0 aliphatic carbocycles. The van der Waals surface area contributed by atoms with Crippen LogP contribution in [0.3, 0.4) is 0 Å². The van der Waals surface area contributed by atoms with E-state index in [4.69, 9.17) is 3.07 Å². The standard InChI is InChI=1S/3C6H5.C4H9O.Sn/c3*1-2-4-6-5-3-1;1-4(2,3)5;/h3*1-5H;1-3H3;/q;;;-1;+1. The fourth-order valence-electron chi connectivity index (χ4n) is 3.15. The van der Waals surface area contributed by atoms with Crippen LogP contribution in [0.15, 0.2) is 91.0 Å². The van der Waals surface area contributed by atoms with E-state index in [1.54, 1.807) is 0 Å². The predicted molar refractivity (Wildman–Crippen MR) is 105 cm³/mol. The van der Waals surface area contributed by atoms with Crippen molar-refractivity contribution in [3.05, 3.63) is 91.0 Å². The zero-order valence-electron chi connectivity index (χ0n) is 14.6. The molecule has 1 nitrogen and oxygen atoms in total. The van der Waals surface area contributed by atoms with Crippen molar-refractivity contribution in [2.75, 3.05) is 0 Å². The second kappa shape index (κ2) is 7.12. The van der Waals surface area contributed by atoms with E-state index in [1.807, 2.05) is 0 Å². The number of hydrogen-bond acceptors (Lipinski definition) is 1. The van der Waals surface area contributed by atoms with E-state index in [-0.39, 0.29) is 5.60 Å². The van der Waals surface area contributed by atoms with Gasteiger partial charge in [0.15, 0.2) is 0 Å². The molecule has 0 aromatic heterocycles. The van der Waals surface area contributed by atoms with Crippen LogP contribution in [0.4, 0.5) is 0 Å². The normalized spacial score (nSPS) is 12.1. The van der Waals surface area contributed by atoms with Gasteiger partial charge in [-0.05, 0) is 0 Å². The minimum absolute atomic E-state index is 0.211. The zero-order valence-corrected chi connectivity index (χ0v) is 17.4. The molecule has 0 saturated heterocycles. The van der Waals surface area contributed by atoms with Crippen LogP contribution in [0.25, 0.3) is 0 Å². The molecule has 3 aromatic rings. The molecule has 0 spiro atoms. The first-order chi connectivity index (χ1) is 11.5. The van der Waals surface area contributed by atoms with Crippen LogP contribution in [-0.4, -0.2) is 24.4 Å². The van der Waals surface area contributed by atoms with Gasteiger partial charge in [0.1, 0.15) is 0 Å². The molecule has 3 rings (SSSR count). The molecule has 0 heterocycles. The van der Waals surface area contributed by atoms with E-state index >= 15 is 0 Å². The molecular weight excluding hydrogens is 399 g/mol. The first kappa shape index (κ1) is 17.2. The van der Waals surface area contributed by atoms with Gasteiger partial charge >= 0.3 is 150 Å². The van der Waals surface area contributed by atoms with Gasteiger partial charge in [0, 0.05) is 0 Å². The topological polar surface area (TPSA) is 9.23 Å². The third-order valence-corrected chi connectivity index (χ3v) is 16.4. The second-order valence-corrected chi connectivity index (χ2v) is 16.4. The maximum absolute atomic E-state index is 6.99. The average Bonchev–Trinajstić information content (AvgIpc) is 2.61. The summed E-state index contributed by atoms with van der Waals surface area (Å²) >= 11 is -3.54. The molecule has 122 valence electrons. The van der Waals surface area contributed by atoms with Crippen molar-refractivity contribution >= 4 is 29.5 Å². The monoisotopic (exact) mass is 424 g/mol. The third kappa shape index (κ3) is 3.57. The van der Waals surface area contributed by atoms with E-state index < -0.39 is 18.8 Å². The van der Waals surface area contributed by atoms with Gasteiger partial charge < -0.3 is 0 Å². The first-order valence-corrected chi connectivity index (χ1v) is 13.8. The summed E-state index contributed by atoms with van der Waals surface area (Å²) in [6.45, 7) is 6.48. The van der Waals surface area contributed by atoms with Gasteiger partial charge in [0.25, 0.3) is 0 Å². The van der Waals surface area contributed by atoms with Crippen LogP contribution < -0.4 is 10.7 Å². The summed E-state index contributed by atoms with van der Waals surface area (Å²) in [7, 11) is 0. The summed E-state index contributed by atoms with van der Waals surface area (Å²) in [6.07, 6.45) is 0. The molecule has 2 heteroatoms. The maximum atomic E-state index is 6.99. The Hall–Kier alpha value is -1.58. The van der Waals surface area contributed by atoms with Crippen LogP contribution in [0.1, 0.15) is 20.8 Å². The summed E-state index contributed by atoms with van der Waals surface area (Å²) in [5.41, 5.74) is -0.211. The van der Waals surface area contributed by atoms with E-state index in [2.05, 4.69) is 112 Å². The molecule has 0 amide bonds. The van der Waals surface area contributed by atoms with Crippen LogP contribution in [0.2, 0.25) is 0 Å². The van der Waals surface area contributed by atoms with Crippen molar-refractivity contribution in [3.63, 3.8) is 0 Å². The first-order valence-electron chi connectivity index (χ1n) is 8.39. The van der Waals surface area contributed by atoms with Crippen LogP contribution in [0.5, 0.6) is 0 Å². The zero-order chi connectivity index (χ0) is 17.0. The van der Waals surface area contributed by atoms with E-state index in [1.165, 1.54) is 10.7 Å².